The Balaban J connectivity index is 1.66. The van der Waals surface area contributed by atoms with E-state index >= 15 is 0 Å². The van der Waals surface area contributed by atoms with Crippen molar-refractivity contribution < 1.29 is 9.53 Å². The molecule has 0 radical (unpaired) electrons. The van der Waals surface area contributed by atoms with Crippen molar-refractivity contribution in [2.75, 3.05) is 13.7 Å². The van der Waals surface area contributed by atoms with Gasteiger partial charge in [0.05, 0.1) is 12.1 Å². The molecule has 0 spiro atoms. The lowest BCUT2D eigenvalue weighted by Gasteiger charge is -2.05. The number of methoxy groups -OCH3 is 1. The maximum absolute atomic E-state index is 11.8. The molecule has 2 aromatic rings. The van der Waals surface area contributed by atoms with Gasteiger partial charge in [-0.05, 0) is 31.0 Å². The molecule has 0 aliphatic rings. The van der Waals surface area contributed by atoms with Crippen molar-refractivity contribution in [3.8, 4) is 5.75 Å². The first kappa shape index (κ1) is 15.5. The number of benzene rings is 1. The van der Waals surface area contributed by atoms with E-state index in [4.69, 9.17) is 4.74 Å². The zero-order valence-electron chi connectivity index (χ0n) is 12.4. The van der Waals surface area contributed by atoms with Crippen LogP contribution in [0.5, 0.6) is 5.75 Å². The molecule has 0 atom stereocenters. The van der Waals surface area contributed by atoms with Gasteiger partial charge in [0, 0.05) is 30.5 Å². The molecule has 0 fully saturated rings. The number of hydrogen-bond acceptors (Lipinski definition) is 4. The number of carbonyl (C=O) groups excluding carboxylic acids is 1. The van der Waals surface area contributed by atoms with Crippen LogP contribution in [0.3, 0.4) is 0 Å². The molecule has 1 N–H and O–H groups in total. The van der Waals surface area contributed by atoms with Crippen LogP contribution in [0.1, 0.15) is 22.7 Å². The second-order valence-electron chi connectivity index (χ2n) is 4.83. The number of hydrogen-bond donors (Lipinski definition) is 1. The molecule has 0 saturated heterocycles. The van der Waals surface area contributed by atoms with E-state index in [1.807, 2.05) is 36.6 Å². The summed E-state index contributed by atoms with van der Waals surface area (Å²) in [5.41, 5.74) is 2.21. The molecule has 112 valence electrons. The Morgan fingerprint density at radius 3 is 2.67 bits per heavy atom. The van der Waals surface area contributed by atoms with Crippen LogP contribution >= 0.6 is 11.3 Å². The molecule has 2 rings (SSSR count). The number of aryl methyl sites for hydroxylation is 2. The van der Waals surface area contributed by atoms with Gasteiger partial charge < -0.3 is 10.1 Å². The number of rotatable bonds is 7. The first-order valence-corrected chi connectivity index (χ1v) is 7.86. The fourth-order valence-corrected chi connectivity index (χ4v) is 2.74. The Morgan fingerprint density at radius 1 is 1.29 bits per heavy atom. The number of nitrogens with one attached hydrogen (secondary N) is 1. The Bertz CT molecular complexity index is 578. The predicted molar refractivity (Wildman–Crippen MR) is 84.9 cm³/mol. The molecule has 1 aromatic heterocycles. The first-order chi connectivity index (χ1) is 10.2. The molecule has 0 saturated carbocycles. The minimum absolute atomic E-state index is 0.0800. The molecule has 5 heteroatoms. The molecule has 1 heterocycles. The summed E-state index contributed by atoms with van der Waals surface area (Å²) in [5, 5.41) is 5.98. The number of aromatic nitrogens is 1. The first-order valence-electron chi connectivity index (χ1n) is 6.98. The Labute approximate surface area is 129 Å². The Morgan fingerprint density at radius 2 is 2.05 bits per heavy atom. The van der Waals surface area contributed by atoms with Gasteiger partial charge >= 0.3 is 0 Å². The topological polar surface area (TPSA) is 51.2 Å². The molecule has 1 amide bonds. The third-order valence-corrected chi connectivity index (χ3v) is 4.15. The van der Waals surface area contributed by atoms with Crippen molar-refractivity contribution in [2.45, 2.75) is 26.2 Å². The molecule has 1 aromatic carbocycles. The van der Waals surface area contributed by atoms with Crippen LogP contribution in [0.25, 0.3) is 0 Å². The number of nitrogens with zero attached hydrogens (tertiary/aromatic N) is 1. The average Bonchev–Trinajstić information content (AvgIpc) is 2.91. The van der Waals surface area contributed by atoms with E-state index in [0.717, 1.165) is 22.9 Å². The third-order valence-electron chi connectivity index (χ3n) is 3.13. The van der Waals surface area contributed by atoms with E-state index in [1.54, 1.807) is 18.4 Å². The van der Waals surface area contributed by atoms with Gasteiger partial charge in [0.2, 0.25) is 5.91 Å². The van der Waals surface area contributed by atoms with Crippen molar-refractivity contribution in [1.82, 2.24) is 10.3 Å². The summed E-state index contributed by atoms with van der Waals surface area (Å²) in [7, 11) is 1.65. The maximum Gasteiger partial charge on any atom is 0.220 e. The van der Waals surface area contributed by atoms with E-state index in [2.05, 4.69) is 10.3 Å². The van der Waals surface area contributed by atoms with Crippen molar-refractivity contribution >= 4 is 17.2 Å². The standard InChI is InChI=1S/C16H20N2O2S/c1-12-11-21-16(18-12)8-7-15(19)17-10-9-13-3-5-14(20-2)6-4-13/h3-6,11H,7-10H2,1-2H3,(H,17,19). The fourth-order valence-electron chi connectivity index (χ4n) is 1.96. The quantitative estimate of drug-likeness (QED) is 0.855. The van der Waals surface area contributed by atoms with E-state index in [0.29, 0.717) is 19.4 Å². The van der Waals surface area contributed by atoms with Gasteiger partial charge in [0.1, 0.15) is 5.75 Å². The monoisotopic (exact) mass is 304 g/mol. The minimum atomic E-state index is 0.0800. The van der Waals surface area contributed by atoms with Crippen molar-refractivity contribution in [1.29, 1.82) is 0 Å². The van der Waals surface area contributed by atoms with Gasteiger partial charge in [-0.3, -0.25) is 4.79 Å². The largest absolute Gasteiger partial charge is 0.497 e. The van der Waals surface area contributed by atoms with Crippen molar-refractivity contribution in [3.63, 3.8) is 0 Å². The lowest BCUT2D eigenvalue weighted by Crippen LogP contribution is -2.25. The molecule has 0 bridgehead atoms. The van der Waals surface area contributed by atoms with E-state index in [1.165, 1.54) is 5.56 Å². The lowest BCUT2D eigenvalue weighted by molar-refractivity contribution is -0.121. The summed E-state index contributed by atoms with van der Waals surface area (Å²) in [6.45, 7) is 2.62. The summed E-state index contributed by atoms with van der Waals surface area (Å²) >= 11 is 1.61. The van der Waals surface area contributed by atoms with Crippen LogP contribution < -0.4 is 10.1 Å². The number of carbonyl (C=O) groups is 1. The summed E-state index contributed by atoms with van der Waals surface area (Å²) in [4.78, 5) is 16.1. The molecule has 0 unspecified atom stereocenters. The Hall–Kier alpha value is -1.88. The van der Waals surface area contributed by atoms with Gasteiger partial charge in [-0.1, -0.05) is 12.1 Å². The number of amides is 1. The smallest absolute Gasteiger partial charge is 0.220 e. The van der Waals surface area contributed by atoms with E-state index < -0.39 is 0 Å². The average molecular weight is 304 g/mol. The fraction of sp³-hybridized carbons (Fsp3) is 0.375. The lowest BCUT2D eigenvalue weighted by atomic mass is 10.1. The zero-order chi connectivity index (χ0) is 15.1. The summed E-state index contributed by atoms with van der Waals surface area (Å²) in [6, 6.07) is 7.90. The van der Waals surface area contributed by atoms with Crippen molar-refractivity contribution in [2.24, 2.45) is 0 Å². The minimum Gasteiger partial charge on any atom is -0.497 e. The molecule has 4 nitrogen and oxygen atoms in total. The van der Waals surface area contributed by atoms with Crippen LogP contribution in [0.4, 0.5) is 0 Å². The van der Waals surface area contributed by atoms with Crippen LogP contribution in [0, 0.1) is 6.92 Å². The summed E-state index contributed by atoms with van der Waals surface area (Å²) < 4.78 is 5.11. The summed E-state index contributed by atoms with van der Waals surface area (Å²) in [5.74, 6) is 0.929. The second kappa shape index (κ2) is 7.78. The molecular weight excluding hydrogens is 284 g/mol. The second-order valence-corrected chi connectivity index (χ2v) is 5.77. The predicted octanol–water partition coefficient (Wildman–Crippen LogP) is 2.75. The zero-order valence-corrected chi connectivity index (χ0v) is 13.2. The highest BCUT2D eigenvalue weighted by molar-refractivity contribution is 7.09. The number of ether oxygens (including phenoxy) is 1. The molecule has 0 aliphatic heterocycles. The third kappa shape index (κ3) is 5.19. The highest BCUT2D eigenvalue weighted by Gasteiger charge is 2.04. The van der Waals surface area contributed by atoms with Gasteiger partial charge in [-0.25, -0.2) is 4.98 Å². The van der Waals surface area contributed by atoms with Crippen molar-refractivity contribution in [3.05, 3.63) is 45.9 Å². The van der Waals surface area contributed by atoms with Crippen LogP contribution in [0.2, 0.25) is 0 Å². The maximum atomic E-state index is 11.8. The van der Waals surface area contributed by atoms with E-state index in [-0.39, 0.29) is 5.91 Å². The molecule has 21 heavy (non-hydrogen) atoms. The van der Waals surface area contributed by atoms with Crippen LogP contribution in [0.15, 0.2) is 29.6 Å². The highest BCUT2D eigenvalue weighted by Crippen LogP contribution is 2.12. The summed E-state index contributed by atoms with van der Waals surface area (Å²) in [6.07, 6.45) is 2.04. The van der Waals surface area contributed by atoms with Gasteiger partial charge in [0.25, 0.3) is 0 Å². The molecule has 0 aliphatic carbocycles. The van der Waals surface area contributed by atoms with Gasteiger partial charge in [-0.2, -0.15) is 0 Å². The number of thiazole rings is 1. The van der Waals surface area contributed by atoms with E-state index in [9.17, 15) is 4.79 Å². The van der Waals surface area contributed by atoms with Gasteiger partial charge in [-0.15, -0.1) is 11.3 Å². The Kier molecular flexibility index (Phi) is 5.75. The van der Waals surface area contributed by atoms with Gasteiger partial charge in [0.15, 0.2) is 0 Å². The van der Waals surface area contributed by atoms with Crippen LogP contribution in [-0.2, 0) is 17.6 Å². The normalized spacial score (nSPS) is 10.4. The molecular formula is C16H20N2O2S. The highest BCUT2D eigenvalue weighted by atomic mass is 32.1. The SMILES string of the molecule is COc1ccc(CCNC(=O)CCc2nc(C)cs2)cc1. The van der Waals surface area contributed by atoms with Crippen LogP contribution in [-0.4, -0.2) is 24.5 Å².